The number of carbonyl (C=O) groups excluding carboxylic acids is 1. The fourth-order valence-electron chi connectivity index (χ4n) is 2.62. The first-order chi connectivity index (χ1) is 11.4. The molecule has 0 aliphatic carbocycles. The number of phenols is 1. The van der Waals surface area contributed by atoms with E-state index < -0.39 is 0 Å². The Balaban J connectivity index is 2.59. The topological polar surface area (TPSA) is 49.7 Å². The average molecular weight is 378 g/mol. The zero-order valence-electron chi connectivity index (χ0n) is 16.1. The second-order valence-corrected chi connectivity index (χ2v) is 10.7. The van der Waals surface area contributed by atoms with Gasteiger partial charge in [0.25, 0.3) is 0 Å². The van der Waals surface area contributed by atoms with Crippen molar-refractivity contribution in [2.45, 2.75) is 59.3 Å². The third kappa shape index (κ3) is 4.70. The number of aliphatic imine (C=N–C) groups is 1. The predicted molar refractivity (Wildman–Crippen MR) is 112 cm³/mol. The molecule has 25 heavy (non-hydrogen) atoms. The summed E-state index contributed by atoms with van der Waals surface area (Å²) in [6.45, 7) is 14.5. The number of phenolic OH excluding ortho intramolecular Hbond substituents is 1. The van der Waals surface area contributed by atoms with Crippen molar-refractivity contribution in [3.8, 4) is 5.75 Å². The molecule has 0 radical (unpaired) electrons. The highest BCUT2D eigenvalue weighted by Crippen LogP contribution is 2.40. The fraction of sp³-hybridized carbons (Fsp3) is 0.500. The molecule has 0 atom stereocenters. The second kappa shape index (κ2) is 7.20. The molecule has 1 aromatic rings. The summed E-state index contributed by atoms with van der Waals surface area (Å²) in [6, 6.07) is 3.94. The van der Waals surface area contributed by atoms with E-state index in [4.69, 9.17) is 0 Å². The van der Waals surface area contributed by atoms with E-state index in [1.165, 1.54) is 11.8 Å². The molecule has 0 unspecified atom stereocenters. The van der Waals surface area contributed by atoms with Gasteiger partial charge in [0.15, 0.2) is 0 Å². The highest BCUT2D eigenvalue weighted by Gasteiger charge is 2.27. The van der Waals surface area contributed by atoms with Gasteiger partial charge in [0, 0.05) is 11.1 Å². The molecule has 0 aromatic heterocycles. The van der Waals surface area contributed by atoms with Gasteiger partial charge in [-0.05, 0) is 52.1 Å². The van der Waals surface area contributed by atoms with Gasteiger partial charge in [-0.1, -0.05) is 60.2 Å². The number of benzene rings is 1. The molecule has 0 bridgehead atoms. The van der Waals surface area contributed by atoms with Crippen LogP contribution in [0.5, 0.6) is 5.75 Å². The highest BCUT2D eigenvalue weighted by molar-refractivity contribution is 8.45. The van der Waals surface area contributed by atoms with Crippen LogP contribution < -0.4 is 0 Å². The quantitative estimate of drug-likeness (QED) is 0.671. The van der Waals surface area contributed by atoms with Crippen molar-refractivity contribution in [2.24, 2.45) is 4.99 Å². The van der Waals surface area contributed by atoms with Crippen LogP contribution in [0.2, 0.25) is 0 Å². The Morgan fingerprint density at radius 1 is 1.12 bits per heavy atom. The van der Waals surface area contributed by atoms with Crippen LogP contribution in [-0.2, 0) is 15.6 Å². The molecule has 5 heteroatoms. The van der Waals surface area contributed by atoms with Crippen LogP contribution in [0.3, 0.4) is 0 Å². The van der Waals surface area contributed by atoms with Crippen LogP contribution >= 0.6 is 23.5 Å². The van der Waals surface area contributed by atoms with Crippen LogP contribution in [-0.4, -0.2) is 20.4 Å². The first kappa shape index (κ1) is 20.1. The Morgan fingerprint density at radius 3 is 2.08 bits per heavy atom. The standard InChI is InChI=1S/C20H27NO2S2/c1-8-24-18-21-15(17(23)25-18)11-12-9-13(19(2,3)4)16(22)14(10-12)20(5,6)7/h9-11,22H,8H2,1-7H3/b15-11-. The Morgan fingerprint density at radius 2 is 1.64 bits per heavy atom. The summed E-state index contributed by atoms with van der Waals surface area (Å²) in [5.41, 5.74) is 2.77. The first-order valence-electron chi connectivity index (χ1n) is 8.47. The Kier molecular flexibility index (Phi) is 5.79. The molecule has 1 aromatic carbocycles. The predicted octanol–water partition coefficient (Wildman–Crippen LogP) is 5.71. The summed E-state index contributed by atoms with van der Waals surface area (Å²) in [6.07, 6.45) is 1.84. The summed E-state index contributed by atoms with van der Waals surface area (Å²) in [4.78, 5) is 16.7. The summed E-state index contributed by atoms with van der Waals surface area (Å²) < 4.78 is 0.810. The van der Waals surface area contributed by atoms with E-state index in [0.29, 0.717) is 11.4 Å². The van der Waals surface area contributed by atoms with E-state index in [0.717, 1.165) is 26.8 Å². The van der Waals surface area contributed by atoms with Crippen molar-refractivity contribution < 1.29 is 9.90 Å². The van der Waals surface area contributed by atoms with Gasteiger partial charge < -0.3 is 5.11 Å². The second-order valence-electron chi connectivity index (χ2n) is 8.19. The van der Waals surface area contributed by atoms with E-state index in [-0.39, 0.29) is 15.9 Å². The molecule has 0 saturated carbocycles. The van der Waals surface area contributed by atoms with Crippen LogP contribution in [0.15, 0.2) is 22.8 Å². The first-order valence-corrected chi connectivity index (χ1v) is 10.3. The summed E-state index contributed by atoms with van der Waals surface area (Å²) in [7, 11) is 0. The molecular weight excluding hydrogens is 350 g/mol. The molecule has 1 aliphatic heterocycles. The van der Waals surface area contributed by atoms with Crippen LogP contribution in [0.25, 0.3) is 6.08 Å². The average Bonchev–Trinajstić information content (AvgIpc) is 2.78. The fourth-order valence-corrected chi connectivity index (χ4v) is 4.35. The van der Waals surface area contributed by atoms with Crippen molar-refractivity contribution in [3.63, 3.8) is 0 Å². The molecule has 0 saturated heterocycles. The highest BCUT2D eigenvalue weighted by atomic mass is 32.2. The third-order valence-electron chi connectivity index (χ3n) is 3.92. The minimum atomic E-state index is -0.195. The van der Waals surface area contributed by atoms with Gasteiger partial charge in [0.1, 0.15) is 15.8 Å². The normalized spacial score (nSPS) is 17.3. The van der Waals surface area contributed by atoms with Gasteiger partial charge >= 0.3 is 0 Å². The molecule has 3 nitrogen and oxygen atoms in total. The van der Waals surface area contributed by atoms with Gasteiger partial charge in [0.05, 0.1) is 0 Å². The molecular formula is C20H27NO2S2. The monoisotopic (exact) mass is 377 g/mol. The van der Waals surface area contributed by atoms with E-state index in [9.17, 15) is 9.90 Å². The van der Waals surface area contributed by atoms with Crippen LogP contribution in [0.1, 0.15) is 65.2 Å². The summed E-state index contributed by atoms with van der Waals surface area (Å²) in [5.74, 6) is 1.24. The number of rotatable bonds is 2. The maximum atomic E-state index is 12.2. The largest absolute Gasteiger partial charge is 0.507 e. The summed E-state index contributed by atoms with van der Waals surface area (Å²) >= 11 is 2.78. The van der Waals surface area contributed by atoms with E-state index >= 15 is 0 Å². The minimum absolute atomic E-state index is 0.0151. The van der Waals surface area contributed by atoms with Gasteiger partial charge in [-0.15, -0.1) is 0 Å². The van der Waals surface area contributed by atoms with Crippen molar-refractivity contribution in [1.29, 1.82) is 0 Å². The number of nitrogens with zero attached hydrogens (tertiary/aromatic N) is 1. The molecule has 1 aliphatic rings. The molecule has 0 amide bonds. The Labute approximate surface area is 159 Å². The summed E-state index contributed by atoms with van der Waals surface area (Å²) in [5, 5.41) is 10.8. The molecule has 136 valence electrons. The van der Waals surface area contributed by atoms with Gasteiger partial charge in [-0.2, -0.15) is 0 Å². The van der Waals surface area contributed by atoms with Crippen molar-refractivity contribution in [1.82, 2.24) is 0 Å². The lowest BCUT2D eigenvalue weighted by Crippen LogP contribution is -2.17. The maximum Gasteiger partial charge on any atom is 0.244 e. The number of thioether (sulfide) groups is 2. The third-order valence-corrected chi connectivity index (χ3v) is 5.81. The zero-order valence-corrected chi connectivity index (χ0v) is 17.7. The van der Waals surface area contributed by atoms with E-state index in [2.05, 4.69) is 46.5 Å². The number of hydrogen-bond acceptors (Lipinski definition) is 5. The molecule has 2 rings (SSSR count). The van der Waals surface area contributed by atoms with Crippen molar-refractivity contribution >= 4 is 39.1 Å². The smallest absolute Gasteiger partial charge is 0.244 e. The van der Waals surface area contributed by atoms with E-state index in [1.54, 1.807) is 11.8 Å². The molecule has 0 spiro atoms. The SMILES string of the molecule is CCSC1=N/C(=C\c2cc(C(C)(C)C)c(O)c(C(C)(C)C)c2)C(=O)S1. The lowest BCUT2D eigenvalue weighted by molar-refractivity contribution is -0.107. The van der Waals surface area contributed by atoms with Gasteiger partial charge in [-0.25, -0.2) is 4.99 Å². The van der Waals surface area contributed by atoms with E-state index in [1.807, 2.05) is 25.1 Å². The maximum absolute atomic E-state index is 12.2. The van der Waals surface area contributed by atoms with Crippen molar-refractivity contribution in [3.05, 3.63) is 34.5 Å². The molecule has 1 N–H and O–H groups in total. The number of hydrogen-bond donors (Lipinski definition) is 1. The minimum Gasteiger partial charge on any atom is -0.507 e. The Hall–Kier alpha value is -1.20. The Bertz CT molecular complexity index is 715. The molecule has 0 fully saturated rings. The number of aromatic hydroxyl groups is 1. The van der Waals surface area contributed by atoms with Gasteiger partial charge in [0.2, 0.25) is 5.12 Å². The zero-order chi connectivity index (χ0) is 19.0. The molecule has 1 heterocycles. The van der Waals surface area contributed by atoms with Crippen LogP contribution in [0.4, 0.5) is 0 Å². The number of carbonyl (C=O) groups is 1. The lowest BCUT2D eigenvalue weighted by atomic mass is 9.78. The van der Waals surface area contributed by atoms with Gasteiger partial charge in [-0.3, -0.25) is 4.79 Å². The van der Waals surface area contributed by atoms with Crippen molar-refractivity contribution in [2.75, 3.05) is 5.75 Å². The lowest BCUT2D eigenvalue weighted by Gasteiger charge is -2.27. The van der Waals surface area contributed by atoms with Crippen LogP contribution in [0, 0.1) is 0 Å².